The van der Waals surface area contributed by atoms with E-state index in [9.17, 15) is 9.59 Å². The largest absolute Gasteiger partial charge is 0.352 e. The summed E-state index contributed by atoms with van der Waals surface area (Å²) in [5, 5.41) is 5.94. The predicted octanol–water partition coefficient (Wildman–Crippen LogP) is 2.89. The van der Waals surface area contributed by atoms with Gasteiger partial charge in [0.25, 0.3) is 0 Å². The number of nitrogens with zero attached hydrogens (tertiary/aromatic N) is 1. The number of rotatable bonds is 7. The second-order valence-electron chi connectivity index (χ2n) is 6.93. The number of hydrogen-bond donors (Lipinski definition) is 2. The van der Waals surface area contributed by atoms with E-state index >= 15 is 0 Å². The van der Waals surface area contributed by atoms with Gasteiger partial charge in [-0.25, -0.2) is 0 Å². The van der Waals surface area contributed by atoms with Gasteiger partial charge in [0.15, 0.2) is 0 Å². The number of benzene rings is 2. The van der Waals surface area contributed by atoms with Gasteiger partial charge in [-0.2, -0.15) is 0 Å². The molecule has 0 radical (unpaired) electrons. The smallest absolute Gasteiger partial charge is 0.246 e. The molecule has 2 aromatic carbocycles. The summed E-state index contributed by atoms with van der Waals surface area (Å²) in [5.41, 5.74) is 2.74. The third kappa shape index (κ3) is 4.92. The fourth-order valence-electron chi connectivity index (χ4n) is 2.91. The predicted molar refractivity (Wildman–Crippen MR) is 103 cm³/mol. The summed E-state index contributed by atoms with van der Waals surface area (Å²) < 4.78 is 0. The van der Waals surface area contributed by atoms with Crippen LogP contribution in [0.4, 0.5) is 5.69 Å². The van der Waals surface area contributed by atoms with E-state index in [1.54, 1.807) is 11.9 Å². The third-order valence-electron chi connectivity index (χ3n) is 4.46. The molecule has 3 rings (SSSR count). The Morgan fingerprint density at radius 3 is 2.35 bits per heavy atom. The van der Waals surface area contributed by atoms with Crippen LogP contribution in [0.5, 0.6) is 0 Å². The molecule has 2 N–H and O–H groups in total. The molecule has 2 aromatic rings. The Hall–Kier alpha value is -2.66. The summed E-state index contributed by atoms with van der Waals surface area (Å²) in [6.45, 7) is 2.18. The lowest BCUT2D eigenvalue weighted by atomic mass is 10.0. The number of anilines is 1. The maximum Gasteiger partial charge on any atom is 0.246 e. The molecule has 0 saturated heterocycles. The van der Waals surface area contributed by atoms with Gasteiger partial charge in [0.1, 0.15) is 6.04 Å². The SMILES string of the molecule is Cc1ccc(NC(=O)[C@@H](c2ccccc2)N(C)CC(=O)NC2CC2)cc1. The molecule has 26 heavy (non-hydrogen) atoms. The van der Waals surface area contributed by atoms with Gasteiger partial charge in [-0.15, -0.1) is 0 Å². The summed E-state index contributed by atoms with van der Waals surface area (Å²) in [7, 11) is 1.80. The monoisotopic (exact) mass is 351 g/mol. The first-order chi connectivity index (χ1) is 12.5. The van der Waals surface area contributed by atoms with Crippen LogP contribution in [0.25, 0.3) is 0 Å². The molecule has 0 unspecified atom stereocenters. The van der Waals surface area contributed by atoms with Crippen LogP contribution in [0.1, 0.15) is 30.0 Å². The van der Waals surface area contributed by atoms with Crippen LogP contribution in [0, 0.1) is 6.92 Å². The maximum atomic E-state index is 13.0. The van der Waals surface area contributed by atoms with Gasteiger partial charge < -0.3 is 10.6 Å². The molecule has 1 aliphatic rings. The van der Waals surface area contributed by atoms with Crippen LogP contribution in [0.3, 0.4) is 0 Å². The standard InChI is InChI=1S/C21H25N3O2/c1-15-8-10-18(11-9-15)23-21(26)20(16-6-4-3-5-7-16)24(2)14-19(25)22-17-12-13-17/h3-11,17,20H,12-14H2,1-2H3,(H,22,25)(H,23,26)/t20-/m1/s1. The lowest BCUT2D eigenvalue weighted by Gasteiger charge is -2.27. The summed E-state index contributed by atoms with van der Waals surface area (Å²) in [6, 6.07) is 17.0. The van der Waals surface area contributed by atoms with Gasteiger partial charge in [-0.1, -0.05) is 48.0 Å². The summed E-state index contributed by atoms with van der Waals surface area (Å²) in [4.78, 5) is 26.9. The maximum absolute atomic E-state index is 13.0. The molecular formula is C21H25N3O2. The Morgan fingerprint density at radius 1 is 1.08 bits per heavy atom. The number of amides is 2. The quantitative estimate of drug-likeness (QED) is 0.806. The molecule has 0 heterocycles. The van der Waals surface area contributed by atoms with Gasteiger partial charge >= 0.3 is 0 Å². The van der Waals surface area contributed by atoms with Crippen molar-refractivity contribution >= 4 is 17.5 Å². The van der Waals surface area contributed by atoms with E-state index in [0.29, 0.717) is 6.04 Å². The first-order valence-electron chi connectivity index (χ1n) is 8.95. The van der Waals surface area contributed by atoms with Gasteiger partial charge in [-0.3, -0.25) is 14.5 Å². The van der Waals surface area contributed by atoms with Gasteiger partial charge in [-0.05, 0) is 44.5 Å². The second kappa shape index (κ2) is 8.15. The van der Waals surface area contributed by atoms with E-state index in [4.69, 9.17) is 0 Å². The van der Waals surface area contributed by atoms with Crippen molar-refractivity contribution in [1.82, 2.24) is 10.2 Å². The van der Waals surface area contributed by atoms with Crippen LogP contribution in [0.15, 0.2) is 54.6 Å². The second-order valence-corrected chi connectivity index (χ2v) is 6.93. The zero-order valence-corrected chi connectivity index (χ0v) is 15.2. The van der Waals surface area contributed by atoms with Crippen molar-refractivity contribution in [2.45, 2.75) is 31.8 Å². The third-order valence-corrected chi connectivity index (χ3v) is 4.46. The zero-order chi connectivity index (χ0) is 18.5. The first-order valence-corrected chi connectivity index (χ1v) is 8.95. The molecule has 1 saturated carbocycles. The molecule has 2 amide bonds. The highest BCUT2D eigenvalue weighted by molar-refractivity contribution is 5.96. The van der Waals surface area contributed by atoms with Gasteiger partial charge in [0.05, 0.1) is 6.54 Å². The average Bonchev–Trinajstić information content (AvgIpc) is 3.42. The molecule has 5 nitrogen and oxygen atoms in total. The Labute approximate surface area is 154 Å². The molecule has 136 valence electrons. The van der Waals surface area contributed by atoms with E-state index in [-0.39, 0.29) is 18.4 Å². The number of aryl methyl sites for hydroxylation is 1. The minimum atomic E-state index is -0.539. The number of carbonyl (C=O) groups excluding carboxylic acids is 2. The van der Waals surface area contributed by atoms with Crippen molar-refractivity contribution in [3.05, 3.63) is 65.7 Å². The van der Waals surface area contributed by atoms with E-state index in [1.165, 1.54) is 0 Å². The molecule has 0 aliphatic heterocycles. The van der Waals surface area contributed by atoms with Crippen LogP contribution < -0.4 is 10.6 Å². The lowest BCUT2D eigenvalue weighted by molar-refractivity contribution is -0.125. The molecule has 1 aliphatic carbocycles. The van der Waals surface area contributed by atoms with E-state index in [0.717, 1.165) is 29.7 Å². The number of carbonyl (C=O) groups is 2. The van der Waals surface area contributed by atoms with E-state index < -0.39 is 6.04 Å². The molecule has 5 heteroatoms. The average molecular weight is 351 g/mol. The lowest BCUT2D eigenvalue weighted by Crippen LogP contribution is -2.41. The van der Waals surface area contributed by atoms with Gasteiger partial charge in [0, 0.05) is 11.7 Å². The number of hydrogen-bond acceptors (Lipinski definition) is 3. The highest BCUT2D eigenvalue weighted by Crippen LogP contribution is 2.22. The van der Waals surface area contributed by atoms with Crippen LogP contribution >= 0.6 is 0 Å². The Kier molecular flexibility index (Phi) is 5.68. The van der Waals surface area contributed by atoms with Crippen LogP contribution in [0.2, 0.25) is 0 Å². The molecule has 1 fully saturated rings. The summed E-state index contributed by atoms with van der Waals surface area (Å²) in [6.07, 6.45) is 2.09. The number of nitrogens with one attached hydrogen (secondary N) is 2. The highest BCUT2D eigenvalue weighted by Gasteiger charge is 2.29. The molecule has 1 atom stereocenters. The minimum absolute atomic E-state index is 0.0425. The van der Waals surface area contributed by atoms with Crippen molar-refractivity contribution in [3.8, 4) is 0 Å². The molecule has 0 bridgehead atoms. The van der Waals surface area contributed by atoms with Crippen molar-refractivity contribution in [2.75, 3.05) is 18.9 Å². The van der Waals surface area contributed by atoms with E-state index in [1.807, 2.05) is 61.5 Å². The Bertz CT molecular complexity index is 755. The normalized spacial score (nSPS) is 14.7. The van der Waals surface area contributed by atoms with Crippen molar-refractivity contribution in [3.63, 3.8) is 0 Å². The minimum Gasteiger partial charge on any atom is -0.352 e. The molecule has 0 aromatic heterocycles. The van der Waals surface area contributed by atoms with Gasteiger partial charge in [0.2, 0.25) is 11.8 Å². The highest BCUT2D eigenvalue weighted by atomic mass is 16.2. The Balaban J connectivity index is 1.74. The summed E-state index contributed by atoms with van der Waals surface area (Å²) >= 11 is 0. The van der Waals surface area contributed by atoms with E-state index in [2.05, 4.69) is 10.6 Å². The fourth-order valence-corrected chi connectivity index (χ4v) is 2.91. The molecule has 0 spiro atoms. The fraction of sp³-hybridized carbons (Fsp3) is 0.333. The Morgan fingerprint density at radius 2 is 1.73 bits per heavy atom. The van der Waals surface area contributed by atoms with Crippen molar-refractivity contribution in [2.24, 2.45) is 0 Å². The van der Waals surface area contributed by atoms with Crippen molar-refractivity contribution in [1.29, 1.82) is 0 Å². The van der Waals surface area contributed by atoms with Crippen molar-refractivity contribution < 1.29 is 9.59 Å². The topological polar surface area (TPSA) is 61.4 Å². The number of likely N-dealkylation sites (N-methyl/N-ethyl adjacent to an activating group) is 1. The van der Waals surface area contributed by atoms with Crippen LogP contribution in [-0.4, -0.2) is 36.3 Å². The first kappa shape index (κ1) is 18.1. The zero-order valence-electron chi connectivity index (χ0n) is 15.2. The van der Waals surface area contributed by atoms with Crippen LogP contribution in [-0.2, 0) is 9.59 Å². The molecular weight excluding hydrogens is 326 g/mol. The summed E-state index contributed by atoms with van der Waals surface area (Å²) in [5.74, 6) is -0.194.